The van der Waals surface area contributed by atoms with Gasteiger partial charge in [-0.3, -0.25) is 0 Å². The number of halogens is 1. The summed E-state index contributed by atoms with van der Waals surface area (Å²) in [5, 5.41) is 11.6. The fraction of sp³-hybridized carbons (Fsp3) is 0.350. The third-order valence-corrected chi connectivity index (χ3v) is 5.87. The quantitative estimate of drug-likeness (QED) is 0.394. The minimum Gasteiger partial charge on any atom is -0.486 e. The Labute approximate surface area is 165 Å². The van der Waals surface area contributed by atoms with Gasteiger partial charge in [-0.25, -0.2) is 4.39 Å². The van der Waals surface area contributed by atoms with Crippen LogP contribution in [-0.4, -0.2) is 34.9 Å². The molecule has 0 saturated carbocycles. The van der Waals surface area contributed by atoms with Crippen LogP contribution in [0, 0.1) is 5.82 Å². The molecule has 0 spiro atoms. The van der Waals surface area contributed by atoms with Crippen LogP contribution in [0.25, 0.3) is 11.4 Å². The molecule has 1 heterocycles. The molecule has 3 rings (SSSR count). The van der Waals surface area contributed by atoms with Crippen molar-refractivity contribution in [3.05, 3.63) is 59.9 Å². The topological polar surface area (TPSA) is 62.1 Å². The van der Waals surface area contributed by atoms with Crippen LogP contribution in [0.3, 0.4) is 0 Å². The minimum atomic E-state index is -1.15. The number of nitrogens with zero attached hydrogens (tertiary/aromatic N) is 4. The molecule has 0 saturated heterocycles. The van der Waals surface area contributed by atoms with E-state index < -0.39 is 13.9 Å². The van der Waals surface area contributed by atoms with Gasteiger partial charge in [0.15, 0.2) is 17.4 Å². The second-order valence-electron chi connectivity index (χ2n) is 7.77. The second-order valence-corrected chi connectivity index (χ2v) is 13.4. The molecule has 148 valence electrons. The fourth-order valence-corrected chi connectivity index (χ4v) is 3.28. The monoisotopic (exact) mass is 400 g/mol. The predicted octanol–water partition coefficient (Wildman–Crippen LogP) is 4.37. The van der Waals surface area contributed by atoms with Gasteiger partial charge in [-0.1, -0.05) is 50.0 Å². The molecule has 0 aliphatic carbocycles. The van der Waals surface area contributed by atoms with Gasteiger partial charge in [0.25, 0.3) is 0 Å². The van der Waals surface area contributed by atoms with E-state index in [9.17, 15) is 4.39 Å². The molecule has 0 radical (unpaired) electrons. The number of hydrogen-bond donors (Lipinski definition) is 0. The molecule has 0 amide bonds. The first-order valence-electron chi connectivity index (χ1n) is 9.23. The highest BCUT2D eigenvalue weighted by atomic mass is 28.3. The lowest BCUT2D eigenvalue weighted by Crippen LogP contribution is -2.22. The Morgan fingerprint density at radius 3 is 2.57 bits per heavy atom. The van der Waals surface area contributed by atoms with Crippen molar-refractivity contribution in [2.45, 2.75) is 39.0 Å². The molecule has 0 fully saturated rings. The van der Waals surface area contributed by atoms with E-state index in [-0.39, 0.29) is 12.5 Å². The molecule has 0 aliphatic rings. The van der Waals surface area contributed by atoms with Crippen LogP contribution in [0.4, 0.5) is 4.39 Å². The maximum atomic E-state index is 14.5. The summed E-state index contributed by atoms with van der Waals surface area (Å²) in [6.07, 6.45) is 0. The van der Waals surface area contributed by atoms with Gasteiger partial charge in [0.2, 0.25) is 0 Å². The first-order chi connectivity index (χ1) is 13.4. The van der Waals surface area contributed by atoms with Crippen LogP contribution >= 0.6 is 0 Å². The maximum absolute atomic E-state index is 14.5. The van der Waals surface area contributed by atoms with Crippen LogP contribution in [0.2, 0.25) is 25.7 Å². The Morgan fingerprint density at radius 2 is 1.86 bits per heavy atom. The molecule has 8 heteroatoms. The molecule has 0 bridgehead atoms. The Kier molecular flexibility index (Phi) is 6.53. The predicted molar refractivity (Wildman–Crippen MR) is 108 cm³/mol. The molecule has 0 N–H and O–H groups in total. The number of rotatable bonds is 9. The van der Waals surface area contributed by atoms with E-state index in [0.29, 0.717) is 24.6 Å². The summed E-state index contributed by atoms with van der Waals surface area (Å²) in [4.78, 5) is 0. The van der Waals surface area contributed by atoms with Crippen molar-refractivity contribution < 1.29 is 13.9 Å². The zero-order valence-electron chi connectivity index (χ0n) is 16.4. The van der Waals surface area contributed by atoms with Crippen molar-refractivity contribution in [1.29, 1.82) is 0 Å². The molecule has 0 unspecified atom stereocenters. The van der Waals surface area contributed by atoms with Gasteiger partial charge in [-0.15, -0.1) is 5.10 Å². The smallest absolute Gasteiger partial charge is 0.184 e. The Bertz CT molecular complexity index is 897. The van der Waals surface area contributed by atoms with Crippen molar-refractivity contribution in [3.63, 3.8) is 0 Å². The highest BCUT2D eigenvalue weighted by Gasteiger charge is 2.15. The van der Waals surface area contributed by atoms with Crippen LogP contribution in [0.1, 0.15) is 5.56 Å². The lowest BCUT2D eigenvalue weighted by molar-refractivity contribution is 0.0784. The van der Waals surface area contributed by atoms with Crippen LogP contribution in [-0.2, 0) is 18.1 Å². The van der Waals surface area contributed by atoms with E-state index in [1.54, 1.807) is 12.1 Å². The summed E-state index contributed by atoms with van der Waals surface area (Å²) in [6, 6.07) is 15.4. The summed E-state index contributed by atoms with van der Waals surface area (Å²) in [5.41, 5.74) is 1.55. The molecule has 0 aliphatic heterocycles. The van der Waals surface area contributed by atoms with Crippen molar-refractivity contribution in [3.8, 4) is 17.1 Å². The number of tetrazole rings is 1. The fourth-order valence-electron chi connectivity index (χ4n) is 2.52. The molecule has 1 aromatic heterocycles. The number of hydrogen-bond acceptors (Lipinski definition) is 5. The molecule has 2 aromatic carbocycles. The van der Waals surface area contributed by atoms with E-state index in [2.05, 4.69) is 35.2 Å². The molecular weight excluding hydrogens is 375 g/mol. The standard InChI is InChI=1S/C20H25FN4O2Si/c1-28(2,3)12-11-26-15-25-20(22-23-24-25)17-9-10-19(18(21)13-17)27-14-16-7-5-4-6-8-16/h4-10,13H,11-12,14-15H2,1-3H3. The molecular formula is C20H25FN4O2Si. The van der Waals surface area contributed by atoms with Gasteiger partial charge >= 0.3 is 0 Å². The summed E-state index contributed by atoms with van der Waals surface area (Å²) in [5.74, 6) is 0.196. The lowest BCUT2D eigenvalue weighted by Gasteiger charge is -2.15. The summed E-state index contributed by atoms with van der Waals surface area (Å²) < 4.78 is 27.3. The average Bonchev–Trinajstić information content (AvgIpc) is 3.13. The highest BCUT2D eigenvalue weighted by Crippen LogP contribution is 2.25. The summed E-state index contributed by atoms with van der Waals surface area (Å²) in [6.45, 7) is 8.09. The zero-order chi connectivity index (χ0) is 20.0. The van der Waals surface area contributed by atoms with E-state index >= 15 is 0 Å². The normalized spacial score (nSPS) is 11.6. The largest absolute Gasteiger partial charge is 0.486 e. The Hall–Kier alpha value is -2.58. The van der Waals surface area contributed by atoms with Crippen molar-refractivity contribution in [2.75, 3.05) is 6.61 Å². The molecule has 3 aromatic rings. The first kappa shape index (κ1) is 20.2. The number of ether oxygens (including phenoxy) is 2. The van der Waals surface area contributed by atoms with E-state index in [0.717, 1.165) is 11.6 Å². The highest BCUT2D eigenvalue weighted by molar-refractivity contribution is 6.76. The van der Waals surface area contributed by atoms with E-state index in [1.807, 2.05) is 30.3 Å². The van der Waals surface area contributed by atoms with Crippen molar-refractivity contribution in [1.82, 2.24) is 20.2 Å². The van der Waals surface area contributed by atoms with Crippen LogP contribution < -0.4 is 4.74 Å². The van der Waals surface area contributed by atoms with Crippen LogP contribution in [0.5, 0.6) is 5.75 Å². The third kappa shape index (κ3) is 5.70. The SMILES string of the molecule is C[Si](C)(C)CCOCn1nnnc1-c1ccc(OCc2ccccc2)c(F)c1. The molecule has 28 heavy (non-hydrogen) atoms. The molecule has 6 nitrogen and oxygen atoms in total. The minimum absolute atomic E-state index is 0.193. The number of aromatic nitrogens is 4. The second kappa shape index (κ2) is 9.07. The van der Waals surface area contributed by atoms with E-state index in [1.165, 1.54) is 10.7 Å². The van der Waals surface area contributed by atoms with E-state index in [4.69, 9.17) is 9.47 Å². The number of benzene rings is 2. The Balaban J connectivity index is 1.63. The maximum Gasteiger partial charge on any atom is 0.184 e. The van der Waals surface area contributed by atoms with Crippen LogP contribution in [0.15, 0.2) is 48.5 Å². The first-order valence-corrected chi connectivity index (χ1v) is 12.9. The average molecular weight is 401 g/mol. The van der Waals surface area contributed by atoms with Crippen molar-refractivity contribution >= 4 is 8.07 Å². The third-order valence-electron chi connectivity index (χ3n) is 4.17. The summed E-state index contributed by atoms with van der Waals surface area (Å²) >= 11 is 0. The zero-order valence-corrected chi connectivity index (χ0v) is 17.4. The summed E-state index contributed by atoms with van der Waals surface area (Å²) in [7, 11) is -1.15. The van der Waals surface area contributed by atoms with Gasteiger partial charge in [0.05, 0.1) is 0 Å². The van der Waals surface area contributed by atoms with Gasteiger partial charge < -0.3 is 9.47 Å². The van der Waals surface area contributed by atoms with Gasteiger partial charge in [-0.2, -0.15) is 4.68 Å². The lowest BCUT2D eigenvalue weighted by atomic mass is 10.2. The van der Waals surface area contributed by atoms with Gasteiger partial charge in [0.1, 0.15) is 13.3 Å². The van der Waals surface area contributed by atoms with Gasteiger partial charge in [0, 0.05) is 20.2 Å². The van der Waals surface area contributed by atoms with Crippen molar-refractivity contribution in [2.24, 2.45) is 0 Å². The molecule has 0 atom stereocenters. The Morgan fingerprint density at radius 1 is 1.07 bits per heavy atom. The van der Waals surface area contributed by atoms with Gasteiger partial charge in [-0.05, 0) is 40.2 Å².